The molecule has 0 saturated carbocycles. The van der Waals surface area contributed by atoms with E-state index in [1.165, 1.54) is 14.2 Å². The molecule has 0 spiro atoms. The molecule has 2 aromatic heterocycles. The minimum atomic E-state index is -0.484. The Balaban J connectivity index is 1.70. The molecule has 0 bridgehead atoms. The van der Waals surface area contributed by atoms with Crippen molar-refractivity contribution in [3.8, 4) is 11.3 Å². The minimum Gasteiger partial charge on any atom is -0.465 e. The summed E-state index contributed by atoms with van der Waals surface area (Å²) in [6.45, 7) is 0.133. The molecule has 0 unspecified atom stereocenters. The number of esters is 2. The zero-order valence-corrected chi connectivity index (χ0v) is 18.9. The van der Waals surface area contributed by atoms with Crippen molar-refractivity contribution in [3.63, 3.8) is 0 Å². The van der Waals surface area contributed by atoms with E-state index >= 15 is 0 Å². The first-order valence-corrected chi connectivity index (χ1v) is 10.7. The van der Waals surface area contributed by atoms with Gasteiger partial charge in [0, 0.05) is 17.4 Å². The Morgan fingerprint density at radius 2 is 1.77 bits per heavy atom. The van der Waals surface area contributed by atoms with Crippen LogP contribution in [0.2, 0.25) is 0 Å². The van der Waals surface area contributed by atoms with E-state index in [4.69, 9.17) is 14.5 Å². The van der Waals surface area contributed by atoms with Crippen LogP contribution in [0.1, 0.15) is 20.7 Å². The summed E-state index contributed by atoms with van der Waals surface area (Å²) in [6, 6.07) is 15.7. The summed E-state index contributed by atoms with van der Waals surface area (Å²) < 4.78 is 11.5. The van der Waals surface area contributed by atoms with Gasteiger partial charge in [-0.15, -0.1) is 0 Å². The quantitative estimate of drug-likeness (QED) is 0.377. The molecule has 0 aliphatic carbocycles. The average Bonchev–Trinajstić information content (AvgIpc) is 3.24. The second-order valence-corrected chi connectivity index (χ2v) is 7.77. The summed E-state index contributed by atoms with van der Waals surface area (Å²) >= 11 is 0. The lowest BCUT2D eigenvalue weighted by Gasteiger charge is -2.21. The highest BCUT2D eigenvalue weighted by Crippen LogP contribution is 2.40. The van der Waals surface area contributed by atoms with Crippen LogP contribution in [0, 0.1) is 0 Å². The first-order valence-electron chi connectivity index (χ1n) is 10.7. The molecule has 5 rings (SSSR count). The lowest BCUT2D eigenvalue weighted by molar-refractivity contribution is -0.114. The number of ether oxygens (including phenoxy) is 2. The van der Waals surface area contributed by atoms with E-state index in [-0.39, 0.29) is 12.5 Å². The molecule has 1 aliphatic heterocycles. The van der Waals surface area contributed by atoms with Gasteiger partial charge in [0.1, 0.15) is 17.2 Å². The number of para-hydroxylation sites is 1. The number of imidazole rings is 1. The molecular weight excluding hydrogens is 450 g/mol. The van der Waals surface area contributed by atoms with E-state index in [1.807, 2.05) is 12.1 Å². The number of carbonyl (C=O) groups is 3. The zero-order chi connectivity index (χ0) is 24.5. The van der Waals surface area contributed by atoms with Gasteiger partial charge in [0.25, 0.3) is 0 Å². The van der Waals surface area contributed by atoms with Crippen LogP contribution < -0.4 is 16.0 Å². The van der Waals surface area contributed by atoms with Gasteiger partial charge in [0.2, 0.25) is 5.91 Å². The third-order valence-electron chi connectivity index (χ3n) is 5.61. The lowest BCUT2D eigenvalue weighted by atomic mass is 10.1. The molecule has 4 aromatic rings. The molecule has 0 radical (unpaired) electrons. The van der Waals surface area contributed by atoms with E-state index in [1.54, 1.807) is 53.1 Å². The van der Waals surface area contributed by atoms with Crippen molar-refractivity contribution in [2.45, 2.75) is 0 Å². The fourth-order valence-corrected chi connectivity index (χ4v) is 3.98. The van der Waals surface area contributed by atoms with Gasteiger partial charge in [-0.05, 0) is 36.4 Å². The highest BCUT2D eigenvalue weighted by Gasteiger charge is 2.23. The van der Waals surface area contributed by atoms with Crippen LogP contribution in [-0.2, 0) is 14.3 Å². The Bertz CT molecular complexity index is 1490. The van der Waals surface area contributed by atoms with Gasteiger partial charge in [-0.3, -0.25) is 9.20 Å². The topological polar surface area (TPSA) is 123 Å². The third kappa shape index (κ3) is 4.01. The number of anilines is 4. The number of aromatic nitrogens is 2. The van der Waals surface area contributed by atoms with Gasteiger partial charge in [-0.25, -0.2) is 14.6 Å². The molecule has 3 heterocycles. The van der Waals surface area contributed by atoms with Gasteiger partial charge >= 0.3 is 11.9 Å². The minimum absolute atomic E-state index is 0.133. The monoisotopic (exact) mass is 471 g/mol. The zero-order valence-electron chi connectivity index (χ0n) is 18.9. The van der Waals surface area contributed by atoms with Crippen LogP contribution in [-0.4, -0.2) is 48.0 Å². The van der Waals surface area contributed by atoms with Gasteiger partial charge < -0.3 is 25.4 Å². The fourth-order valence-electron chi connectivity index (χ4n) is 3.98. The molecule has 1 amide bonds. The molecule has 0 atom stereocenters. The maximum absolute atomic E-state index is 12.2. The van der Waals surface area contributed by atoms with Crippen LogP contribution in [0.25, 0.3) is 16.9 Å². The Morgan fingerprint density at radius 3 is 2.57 bits per heavy atom. The standard InChI is InChI=1S/C25H21N5O5/c1-34-24(32)14-5-3-6-16(11-14)27-23-22(17-7-4-8-18-21(17)26-12-20(31)28-18)29-19-10-9-15(13-30(19)23)25(33)35-2/h3-11,13,26-27H,12H2,1-2H3,(H,28,31). The summed E-state index contributed by atoms with van der Waals surface area (Å²) in [4.78, 5) is 40.9. The fraction of sp³-hybridized carbons (Fsp3) is 0.120. The van der Waals surface area contributed by atoms with Gasteiger partial charge in [-0.2, -0.15) is 0 Å². The van der Waals surface area contributed by atoms with Crippen molar-refractivity contribution in [1.82, 2.24) is 9.38 Å². The van der Waals surface area contributed by atoms with Gasteiger partial charge in [-0.1, -0.05) is 18.2 Å². The van der Waals surface area contributed by atoms with Crippen LogP contribution in [0.15, 0.2) is 60.8 Å². The second kappa shape index (κ2) is 8.82. The summed E-state index contributed by atoms with van der Waals surface area (Å²) in [5.74, 6) is -0.524. The average molecular weight is 471 g/mol. The predicted molar refractivity (Wildman–Crippen MR) is 130 cm³/mol. The number of rotatable bonds is 5. The van der Waals surface area contributed by atoms with E-state index < -0.39 is 11.9 Å². The van der Waals surface area contributed by atoms with Crippen molar-refractivity contribution in [1.29, 1.82) is 0 Å². The highest BCUT2D eigenvalue weighted by molar-refractivity contribution is 6.05. The normalized spacial score (nSPS) is 12.3. The van der Waals surface area contributed by atoms with Gasteiger partial charge in [0.15, 0.2) is 0 Å². The third-order valence-corrected chi connectivity index (χ3v) is 5.61. The molecule has 176 valence electrons. The predicted octanol–water partition coefficient (Wildman–Crippen LogP) is 3.68. The summed E-state index contributed by atoms with van der Waals surface area (Å²) in [5, 5.41) is 9.36. The lowest BCUT2D eigenvalue weighted by Crippen LogP contribution is -2.27. The van der Waals surface area contributed by atoms with E-state index in [9.17, 15) is 14.4 Å². The van der Waals surface area contributed by atoms with Gasteiger partial charge in [0.05, 0.1) is 43.3 Å². The first kappa shape index (κ1) is 22.0. The summed E-state index contributed by atoms with van der Waals surface area (Å²) in [5.41, 5.74) is 4.62. The number of nitrogens with one attached hydrogen (secondary N) is 3. The number of nitrogens with zero attached hydrogens (tertiary/aromatic N) is 2. The molecule has 0 saturated heterocycles. The Labute approximate surface area is 199 Å². The van der Waals surface area contributed by atoms with Crippen molar-refractivity contribution < 1.29 is 23.9 Å². The maximum atomic E-state index is 12.2. The number of hydrogen-bond donors (Lipinski definition) is 3. The number of carbonyl (C=O) groups excluding carboxylic acids is 3. The smallest absolute Gasteiger partial charge is 0.339 e. The Hall–Kier alpha value is -4.86. The highest BCUT2D eigenvalue weighted by atomic mass is 16.5. The summed E-state index contributed by atoms with van der Waals surface area (Å²) in [7, 11) is 2.64. The van der Waals surface area contributed by atoms with Crippen molar-refractivity contribution >= 4 is 46.4 Å². The number of benzene rings is 2. The van der Waals surface area contributed by atoms with E-state index in [2.05, 4.69) is 16.0 Å². The number of methoxy groups -OCH3 is 2. The van der Waals surface area contributed by atoms with Crippen molar-refractivity contribution in [2.75, 3.05) is 36.7 Å². The number of hydrogen-bond acceptors (Lipinski definition) is 8. The van der Waals surface area contributed by atoms with Crippen LogP contribution in [0.3, 0.4) is 0 Å². The molecule has 3 N–H and O–H groups in total. The second-order valence-electron chi connectivity index (χ2n) is 7.77. The molecule has 35 heavy (non-hydrogen) atoms. The molecule has 2 aromatic carbocycles. The van der Waals surface area contributed by atoms with Crippen molar-refractivity contribution in [2.24, 2.45) is 0 Å². The summed E-state index contributed by atoms with van der Waals surface area (Å²) in [6.07, 6.45) is 1.63. The maximum Gasteiger partial charge on any atom is 0.339 e. The molecule has 1 aliphatic rings. The molecule has 10 nitrogen and oxygen atoms in total. The Morgan fingerprint density at radius 1 is 1.00 bits per heavy atom. The van der Waals surface area contributed by atoms with Crippen LogP contribution >= 0.6 is 0 Å². The molecular formula is C25H21N5O5. The van der Waals surface area contributed by atoms with E-state index in [0.717, 1.165) is 11.3 Å². The number of pyridine rings is 1. The molecule has 0 fully saturated rings. The number of amides is 1. The van der Waals surface area contributed by atoms with Crippen molar-refractivity contribution in [3.05, 3.63) is 71.9 Å². The van der Waals surface area contributed by atoms with Crippen LogP contribution in [0.5, 0.6) is 0 Å². The first-order chi connectivity index (χ1) is 17.0. The Kier molecular flexibility index (Phi) is 5.54. The largest absolute Gasteiger partial charge is 0.465 e. The SMILES string of the molecule is COC(=O)c1cccc(Nc2c(-c3cccc4c3NCC(=O)N4)nc3ccc(C(=O)OC)cn23)c1. The van der Waals surface area contributed by atoms with E-state index in [0.29, 0.717) is 39.7 Å². The van der Waals surface area contributed by atoms with Crippen LogP contribution in [0.4, 0.5) is 22.9 Å². The molecule has 10 heteroatoms. The number of fused-ring (bicyclic) bond motifs is 2.